The highest BCUT2D eigenvalue weighted by Crippen LogP contribution is 2.50. The monoisotopic (exact) mass is 534 g/mol. The summed E-state index contributed by atoms with van der Waals surface area (Å²) in [6, 6.07) is 36.6. The number of hydrogen-bond acceptors (Lipinski definition) is 2. The van der Waals surface area contributed by atoms with Crippen LogP contribution in [-0.2, 0) is 13.1 Å². The van der Waals surface area contributed by atoms with Crippen molar-refractivity contribution in [2.24, 2.45) is 0 Å². The Morgan fingerprint density at radius 3 is 1.38 bits per heavy atom. The summed E-state index contributed by atoms with van der Waals surface area (Å²) in [5.74, 6) is 5.76. The first-order valence-corrected chi connectivity index (χ1v) is 13.6. The van der Waals surface area contributed by atoms with E-state index in [0.29, 0.717) is 24.2 Å². The highest BCUT2D eigenvalue weighted by molar-refractivity contribution is 6.32. The van der Waals surface area contributed by atoms with Crippen LogP contribution in [0.25, 0.3) is 65.9 Å². The van der Waals surface area contributed by atoms with Gasteiger partial charge in [-0.2, -0.15) is 10.5 Å². The normalized spacial score (nSPS) is 11.0. The van der Waals surface area contributed by atoms with Gasteiger partial charge in [-0.3, -0.25) is 0 Å². The van der Waals surface area contributed by atoms with Crippen molar-refractivity contribution in [2.75, 3.05) is 0 Å². The van der Waals surface area contributed by atoms with Crippen molar-refractivity contribution in [1.82, 2.24) is 9.13 Å². The lowest BCUT2D eigenvalue weighted by Gasteiger charge is -2.17. The molecule has 0 aliphatic heterocycles. The van der Waals surface area contributed by atoms with E-state index in [4.69, 9.17) is 12.8 Å². The molecular weight excluding hydrogens is 512 g/mol. The van der Waals surface area contributed by atoms with Crippen molar-refractivity contribution in [1.29, 1.82) is 10.5 Å². The first-order valence-electron chi connectivity index (χ1n) is 13.6. The Morgan fingerprint density at radius 2 is 0.976 bits per heavy atom. The molecule has 194 valence electrons. The lowest BCUT2D eigenvalue weighted by Crippen LogP contribution is -2.00. The third-order valence-electron chi connectivity index (χ3n) is 7.97. The minimum absolute atomic E-state index is 0.362. The molecule has 7 aromatic rings. The SMILES string of the molecule is C#CCn1c2ccccc2c2c(-c3cccc(C#N)c3)c3c(c(-c4cccc(C#N)c4)c21)c1ccccc1n3CC#C. The molecule has 0 aliphatic rings. The maximum absolute atomic E-state index is 9.84. The number of rotatable bonds is 4. The van der Waals surface area contributed by atoms with Crippen LogP contribution >= 0.6 is 0 Å². The average molecular weight is 535 g/mol. The summed E-state index contributed by atoms with van der Waals surface area (Å²) in [4.78, 5) is 0. The van der Waals surface area contributed by atoms with Gasteiger partial charge in [0.25, 0.3) is 0 Å². The second-order valence-electron chi connectivity index (χ2n) is 10.2. The lowest BCUT2D eigenvalue weighted by molar-refractivity contribution is 0.921. The van der Waals surface area contributed by atoms with Crippen LogP contribution in [0.2, 0.25) is 0 Å². The number of benzene rings is 5. The molecule has 0 saturated carbocycles. The van der Waals surface area contributed by atoms with Crippen molar-refractivity contribution in [3.8, 4) is 59.1 Å². The van der Waals surface area contributed by atoms with Crippen LogP contribution in [0.3, 0.4) is 0 Å². The molecule has 42 heavy (non-hydrogen) atoms. The van der Waals surface area contributed by atoms with E-state index in [1.165, 1.54) is 0 Å². The summed E-state index contributed by atoms with van der Waals surface area (Å²) >= 11 is 0. The van der Waals surface area contributed by atoms with Gasteiger partial charge in [0, 0.05) is 32.7 Å². The fourth-order valence-corrected chi connectivity index (χ4v) is 6.43. The molecule has 0 amide bonds. The molecule has 4 heteroatoms. The van der Waals surface area contributed by atoms with E-state index < -0.39 is 0 Å². The molecule has 0 fully saturated rings. The number of aromatic nitrogens is 2. The van der Waals surface area contributed by atoms with E-state index >= 15 is 0 Å². The van der Waals surface area contributed by atoms with Crippen molar-refractivity contribution < 1.29 is 0 Å². The van der Waals surface area contributed by atoms with Gasteiger partial charge in [-0.25, -0.2) is 0 Å². The Kier molecular flexibility index (Phi) is 5.77. The number of nitrogens with zero attached hydrogens (tertiary/aromatic N) is 4. The zero-order chi connectivity index (χ0) is 28.8. The van der Waals surface area contributed by atoms with Crippen molar-refractivity contribution in [3.05, 3.63) is 108 Å². The van der Waals surface area contributed by atoms with Gasteiger partial charge in [-0.05, 0) is 47.5 Å². The van der Waals surface area contributed by atoms with Crippen molar-refractivity contribution >= 4 is 43.6 Å². The lowest BCUT2D eigenvalue weighted by atomic mass is 9.89. The van der Waals surface area contributed by atoms with Crippen LogP contribution in [0.5, 0.6) is 0 Å². The van der Waals surface area contributed by atoms with Crippen LogP contribution < -0.4 is 0 Å². The molecule has 7 rings (SSSR count). The predicted octanol–water partition coefficient (Wildman–Crippen LogP) is 8.25. The van der Waals surface area contributed by atoms with Gasteiger partial charge in [-0.1, -0.05) is 72.5 Å². The summed E-state index contributed by atoms with van der Waals surface area (Å²) in [7, 11) is 0. The summed E-state index contributed by atoms with van der Waals surface area (Å²) in [5.41, 5.74) is 8.99. The van der Waals surface area contributed by atoms with Gasteiger partial charge in [0.05, 0.1) is 58.4 Å². The van der Waals surface area contributed by atoms with Crippen LogP contribution in [0, 0.1) is 47.3 Å². The van der Waals surface area contributed by atoms with Gasteiger partial charge in [-0.15, -0.1) is 12.8 Å². The molecule has 0 N–H and O–H groups in total. The van der Waals surface area contributed by atoms with E-state index in [1.807, 2.05) is 60.7 Å². The third-order valence-corrected chi connectivity index (χ3v) is 7.97. The van der Waals surface area contributed by atoms with E-state index in [1.54, 1.807) is 0 Å². The molecular formula is C38H22N4. The molecule has 0 saturated heterocycles. The summed E-state index contributed by atoms with van der Waals surface area (Å²) < 4.78 is 4.40. The minimum Gasteiger partial charge on any atom is -0.328 e. The average Bonchev–Trinajstić information content (AvgIpc) is 3.53. The highest BCUT2D eigenvalue weighted by Gasteiger charge is 2.27. The number of nitriles is 2. The van der Waals surface area contributed by atoms with Crippen LogP contribution in [0.1, 0.15) is 11.1 Å². The first-order chi connectivity index (χ1) is 20.7. The molecule has 0 atom stereocenters. The second kappa shape index (κ2) is 9.77. The molecule has 0 unspecified atom stereocenters. The molecule has 0 radical (unpaired) electrons. The van der Waals surface area contributed by atoms with Gasteiger partial charge < -0.3 is 9.13 Å². The Labute approximate surface area is 243 Å². The fourth-order valence-electron chi connectivity index (χ4n) is 6.43. The first kappa shape index (κ1) is 24.8. The van der Waals surface area contributed by atoms with E-state index in [9.17, 15) is 10.5 Å². The number of fused-ring (bicyclic) bond motifs is 6. The second-order valence-corrected chi connectivity index (χ2v) is 10.2. The van der Waals surface area contributed by atoms with Crippen LogP contribution in [0.15, 0.2) is 97.1 Å². The Bertz CT molecular complexity index is 2230. The Morgan fingerprint density at radius 1 is 0.548 bits per heavy atom. The van der Waals surface area contributed by atoms with Crippen LogP contribution in [-0.4, -0.2) is 9.13 Å². The molecule has 5 aromatic carbocycles. The summed E-state index contributed by atoms with van der Waals surface area (Å²) in [6.07, 6.45) is 12.0. The zero-order valence-electron chi connectivity index (χ0n) is 22.6. The maximum Gasteiger partial charge on any atom is 0.0991 e. The highest BCUT2D eigenvalue weighted by atomic mass is 15.0. The van der Waals surface area contributed by atoms with Gasteiger partial charge in [0.1, 0.15) is 0 Å². The fraction of sp³-hybridized carbons (Fsp3) is 0.0526. The summed E-state index contributed by atoms with van der Waals surface area (Å²) in [5, 5.41) is 23.8. The minimum atomic E-state index is 0.362. The smallest absolute Gasteiger partial charge is 0.0991 e. The number of hydrogen-bond donors (Lipinski definition) is 0. The predicted molar refractivity (Wildman–Crippen MR) is 170 cm³/mol. The van der Waals surface area contributed by atoms with Crippen molar-refractivity contribution in [3.63, 3.8) is 0 Å². The van der Waals surface area contributed by atoms with E-state index in [2.05, 4.69) is 69.5 Å². The maximum atomic E-state index is 9.84. The van der Waals surface area contributed by atoms with Crippen LogP contribution in [0.4, 0.5) is 0 Å². The zero-order valence-corrected chi connectivity index (χ0v) is 22.6. The molecule has 0 spiro atoms. The topological polar surface area (TPSA) is 57.4 Å². The Hall–Kier alpha value is -6.20. The number of terminal acetylenes is 2. The standard InChI is InChI=1S/C38H22N4/c1-3-19-41-31-17-7-5-15-29(31)35-34(28-14-10-12-26(22-28)24-40)38-36(30-16-6-8-18-32(30)42(38)20-4-2)33(37(35)41)27-13-9-11-25(21-27)23-39/h1-2,5-18,21-22H,19-20H2. The number of para-hydroxylation sites is 2. The Balaban J connectivity index is 1.89. The van der Waals surface area contributed by atoms with Gasteiger partial charge in [0.2, 0.25) is 0 Å². The molecule has 0 aliphatic carbocycles. The molecule has 4 nitrogen and oxygen atoms in total. The van der Waals surface area contributed by atoms with Crippen molar-refractivity contribution in [2.45, 2.75) is 13.1 Å². The van der Waals surface area contributed by atoms with E-state index in [-0.39, 0.29) is 0 Å². The quantitative estimate of drug-likeness (QED) is 0.214. The van der Waals surface area contributed by atoms with Gasteiger partial charge in [0.15, 0.2) is 0 Å². The molecule has 2 heterocycles. The summed E-state index contributed by atoms with van der Waals surface area (Å²) in [6.45, 7) is 0.724. The largest absolute Gasteiger partial charge is 0.328 e. The third kappa shape index (κ3) is 3.51. The van der Waals surface area contributed by atoms with E-state index in [0.717, 1.165) is 65.9 Å². The van der Waals surface area contributed by atoms with Gasteiger partial charge >= 0.3 is 0 Å². The molecule has 2 aromatic heterocycles. The molecule has 0 bridgehead atoms.